The summed E-state index contributed by atoms with van der Waals surface area (Å²) in [6.07, 6.45) is 3.37. The minimum atomic E-state index is -3.20. The van der Waals surface area contributed by atoms with E-state index < -0.39 is 14.6 Å². The van der Waals surface area contributed by atoms with E-state index in [9.17, 15) is 8.42 Å². The largest absolute Gasteiger partial charge is 0.381 e. The van der Waals surface area contributed by atoms with Crippen molar-refractivity contribution < 1.29 is 13.2 Å². The average molecular weight is 395 g/mol. The molecule has 2 saturated heterocycles. The summed E-state index contributed by atoms with van der Waals surface area (Å²) in [7, 11) is -1.48. The van der Waals surface area contributed by atoms with Crippen molar-refractivity contribution in [1.82, 2.24) is 10.6 Å². The Labute approximate surface area is 162 Å². The number of ether oxygens (including phenoxy) is 1. The molecule has 2 aliphatic rings. The predicted octanol–water partition coefficient (Wildman–Crippen LogP) is 1.02. The van der Waals surface area contributed by atoms with Gasteiger partial charge in [0.05, 0.1) is 4.75 Å². The van der Waals surface area contributed by atoms with Crippen LogP contribution in [0.5, 0.6) is 0 Å². The van der Waals surface area contributed by atoms with Crippen molar-refractivity contribution in [2.24, 2.45) is 4.99 Å². The lowest BCUT2D eigenvalue weighted by molar-refractivity contribution is 0.0756. The highest BCUT2D eigenvalue weighted by Crippen LogP contribution is 2.28. The van der Waals surface area contributed by atoms with Crippen LogP contribution < -0.4 is 15.5 Å². The number of rotatable bonds is 5. The van der Waals surface area contributed by atoms with Crippen molar-refractivity contribution in [1.29, 1.82) is 0 Å². The van der Waals surface area contributed by atoms with Crippen LogP contribution in [0.4, 0.5) is 5.69 Å². The Balaban J connectivity index is 1.57. The third-order valence-corrected chi connectivity index (χ3v) is 7.77. The lowest BCUT2D eigenvalue weighted by Gasteiger charge is -2.36. The SMILES string of the molecule is CN=C(NCC1(S(C)(=O)=O)CCOCC1)NC1CCN(c2ccccc2)C1. The fourth-order valence-corrected chi connectivity index (χ4v) is 5.05. The zero-order valence-corrected chi connectivity index (χ0v) is 17.0. The van der Waals surface area contributed by atoms with E-state index in [0.29, 0.717) is 38.6 Å². The maximum Gasteiger partial charge on any atom is 0.191 e. The standard InChI is InChI=1S/C19H30N4O3S/c1-20-18(21-15-19(27(2,24)25)9-12-26-13-10-19)22-16-8-11-23(14-16)17-6-4-3-5-7-17/h3-7,16H,8-15H2,1-2H3,(H2,20,21,22). The topological polar surface area (TPSA) is 83.0 Å². The lowest BCUT2D eigenvalue weighted by atomic mass is 9.99. The normalized spacial score (nSPS) is 23.3. The number of aliphatic imine (C=N–C) groups is 1. The molecule has 2 N–H and O–H groups in total. The molecular weight excluding hydrogens is 364 g/mol. The van der Waals surface area contributed by atoms with Gasteiger partial charge in [-0.3, -0.25) is 4.99 Å². The molecule has 2 heterocycles. The summed E-state index contributed by atoms with van der Waals surface area (Å²) in [6, 6.07) is 10.6. The summed E-state index contributed by atoms with van der Waals surface area (Å²) < 4.78 is 29.4. The first kappa shape index (κ1) is 19.9. The number of sulfone groups is 1. The van der Waals surface area contributed by atoms with Gasteiger partial charge in [-0.05, 0) is 31.4 Å². The van der Waals surface area contributed by atoms with Crippen molar-refractivity contribution in [2.45, 2.75) is 30.1 Å². The van der Waals surface area contributed by atoms with Gasteiger partial charge in [-0.1, -0.05) is 18.2 Å². The molecule has 1 unspecified atom stereocenters. The fourth-order valence-electron chi connectivity index (χ4n) is 3.81. The summed E-state index contributed by atoms with van der Waals surface area (Å²) >= 11 is 0. The van der Waals surface area contributed by atoms with Crippen molar-refractivity contribution in [3.63, 3.8) is 0 Å². The van der Waals surface area contributed by atoms with E-state index in [1.807, 2.05) is 6.07 Å². The van der Waals surface area contributed by atoms with Gasteiger partial charge in [-0.15, -0.1) is 0 Å². The Bertz CT molecular complexity index is 745. The van der Waals surface area contributed by atoms with E-state index in [2.05, 4.69) is 44.8 Å². The molecule has 2 aliphatic heterocycles. The molecule has 7 nitrogen and oxygen atoms in total. The molecule has 0 amide bonds. The number of para-hydroxylation sites is 1. The molecule has 1 atom stereocenters. The summed E-state index contributed by atoms with van der Waals surface area (Å²) in [4.78, 5) is 6.65. The van der Waals surface area contributed by atoms with Crippen LogP contribution in [-0.2, 0) is 14.6 Å². The van der Waals surface area contributed by atoms with Gasteiger partial charge in [0.15, 0.2) is 15.8 Å². The van der Waals surface area contributed by atoms with Gasteiger partial charge >= 0.3 is 0 Å². The van der Waals surface area contributed by atoms with E-state index in [1.165, 1.54) is 11.9 Å². The van der Waals surface area contributed by atoms with Crippen LogP contribution in [0.25, 0.3) is 0 Å². The van der Waals surface area contributed by atoms with E-state index >= 15 is 0 Å². The highest BCUT2D eigenvalue weighted by atomic mass is 32.2. The quantitative estimate of drug-likeness (QED) is 0.573. The third kappa shape index (κ3) is 4.73. The number of nitrogens with zero attached hydrogens (tertiary/aromatic N) is 2. The summed E-state index contributed by atoms with van der Waals surface area (Å²) in [5.74, 6) is 0.657. The van der Waals surface area contributed by atoms with Gasteiger partial charge < -0.3 is 20.3 Å². The number of anilines is 1. The first-order valence-electron chi connectivity index (χ1n) is 9.48. The molecule has 0 saturated carbocycles. The molecular formula is C19H30N4O3S. The van der Waals surface area contributed by atoms with Crippen LogP contribution in [0.15, 0.2) is 35.3 Å². The zero-order valence-electron chi connectivity index (χ0n) is 16.1. The molecule has 1 aromatic carbocycles. The minimum Gasteiger partial charge on any atom is -0.381 e. The van der Waals surface area contributed by atoms with Crippen LogP contribution in [-0.4, -0.2) is 71.3 Å². The zero-order chi connectivity index (χ0) is 19.3. The van der Waals surface area contributed by atoms with Crippen LogP contribution in [0.3, 0.4) is 0 Å². The van der Waals surface area contributed by atoms with Crippen LogP contribution in [0.2, 0.25) is 0 Å². The van der Waals surface area contributed by atoms with Gasteiger partial charge in [0, 0.05) is 57.9 Å². The monoisotopic (exact) mass is 394 g/mol. The molecule has 0 radical (unpaired) electrons. The smallest absolute Gasteiger partial charge is 0.191 e. The Morgan fingerprint density at radius 3 is 2.63 bits per heavy atom. The Morgan fingerprint density at radius 2 is 2.00 bits per heavy atom. The molecule has 0 aliphatic carbocycles. The van der Waals surface area contributed by atoms with Crippen molar-refractivity contribution in [3.8, 4) is 0 Å². The van der Waals surface area contributed by atoms with Crippen LogP contribution in [0.1, 0.15) is 19.3 Å². The molecule has 27 heavy (non-hydrogen) atoms. The molecule has 8 heteroatoms. The molecule has 1 aromatic rings. The number of nitrogens with one attached hydrogen (secondary N) is 2. The van der Waals surface area contributed by atoms with Gasteiger partial charge in [0.1, 0.15) is 0 Å². The van der Waals surface area contributed by atoms with Gasteiger partial charge in [0.25, 0.3) is 0 Å². The first-order valence-corrected chi connectivity index (χ1v) is 11.4. The summed E-state index contributed by atoms with van der Waals surface area (Å²) in [5.41, 5.74) is 1.22. The Hall–Kier alpha value is -1.80. The van der Waals surface area contributed by atoms with Crippen molar-refractivity contribution in [2.75, 3.05) is 51.1 Å². The third-order valence-electron chi connectivity index (χ3n) is 5.64. The van der Waals surface area contributed by atoms with Crippen LogP contribution >= 0.6 is 0 Å². The number of guanidine groups is 1. The molecule has 0 spiro atoms. The van der Waals surface area contributed by atoms with Gasteiger partial charge in [-0.2, -0.15) is 0 Å². The van der Waals surface area contributed by atoms with Gasteiger partial charge in [0.2, 0.25) is 0 Å². The highest BCUT2D eigenvalue weighted by Gasteiger charge is 2.42. The Morgan fingerprint density at radius 1 is 1.30 bits per heavy atom. The summed E-state index contributed by atoms with van der Waals surface area (Å²) in [6.45, 7) is 3.20. The fraction of sp³-hybridized carbons (Fsp3) is 0.632. The summed E-state index contributed by atoms with van der Waals surface area (Å²) in [5, 5.41) is 6.70. The minimum absolute atomic E-state index is 0.278. The molecule has 150 valence electrons. The maximum absolute atomic E-state index is 12.4. The van der Waals surface area contributed by atoms with E-state index in [4.69, 9.17) is 4.74 Å². The molecule has 3 rings (SSSR count). The second kappa shape index (κ2) is 8.48. The van der Waals surface area contributed by atoms with E-state index in [0.717, 1.165) is 19.5 Å². The second-order valence-corrected chi connectivity index (χ2v) is 9.82. The van der Waals surface area contributed by atoms with Crippen molar-refractivity contribution in [3.05, 3.63) is 30.3 Å². The highest BCUT2D eigenvalue weighted by molar-refractivity contribution is 7.92. The van der Waals surface area contributed by atoms with Crippen molar-refractivity contribution >= 4 is 21.5 Å². The maximum atomic E-state index is 12.4. The number of benzene rings is 1. The van der Waals surface area contributed by atoms with E-state index in [1.54, 1.807) is 7.05 Å². The number of hydrogen-bond donors (Lipinski definition) is 2. The second-order valence-electron chi connectivity index (χ2n) is 7.40. The molecule has 2 fully saturated rings. The first-order chi connectivity index (χ1) is 12.9. The van der Waals surface area contributed by atoms with Crippen LogP contribution in [0, 0.1) is 0 Å². The molecule has 0 aromatic heterocycles. The average Bonchev–Trinajstić information content (AvgIpc) is 3.14. The van der Waals surface area contributed by atoms with E-state index in [-0.39, 0.29) is 6.04 Å². The molecule has 0 bridgehead atoms. The Kier molecular flexibility index (Phi) is 6.26. The predicted molar refractivity (Wildman–Crippen MR) is 109 cm³/mol. The lowest BCUT2D eigenvalue weighted by Crippen LogP contribution is -2.54. The van der Waals surface area contributed by atoms with Gasteiger partial charge in [-0.25, -0.2) is 8.42 Å². The number of hydrogen-bond acceptors (Lipinski definition) is 5.